The van der Waals surface area contributed by atoms with Gasteiger partial charge in [0.2, 0.25) is 17.7 Å². The highest BCUT2D eigenvalue weighted by molar-refractivity contribution is 5.96. The van der Waals surface area contributed by atoms with Crippen molar-refractivity contribution in [3.63, 3.8) is 0 Å². The average Bonchev–Trinajstić information content (AvgIpc) is 3.07. The summed E-state index contributed by atoms with van der Waals surface area (Å²) in [6, 6.07) is 20.1. The molecule has 1 aliphatic heterocycles. The van der Waals surface area contributed by atoms with Crippen LogP contribution in [0.5, 0.6) is 5.75 Å². The number of aliphatic hydroxyl groups excluding tert-OH is 1. The number of benzene rings is 3. The number of hydrogen-bond acceptors (Lipinski definition) is 6. The topological polar surface area (TPSA) is 134 Å². The third-order valence-corrected chi connectivity index (χ3v) is 6.28. The SMILES string of the molecule is NCC(O)CNC(=O)C(Cc1ccc2ccccc2c1)NC(=O)CCN1C(=O)CCOc2ccccc21. The van der Waals surface area contributed by atoms with E-state index in [4.69, 9.17) is 10.5 Å². The van der Waals surface area contributed by atoms with Crippen molar-refractivity contribution in [2.45, 2.75) is 31.4 Å². The standard InChI is InChI=1S/C28H32N4O5/c29-17-22(33)18-30-28(36)23(16-19-9-10-20-5-1-2-6-21(20)15-19)31-26(34)11-13-32-24-7-3-4-8-25(24)37-14-12-27(32)35/h1-10,15,22-23,33H,11-14,16-18,29H2,(H,30,36)(H,31,34). The molecule has 0 aliphatic carbocycles. The molecule has 0 spiro atoms. The second-order valence-electron chi connectivity index (χ2n) is 9.00. The number of aliphatic hydroxyl groups is 1. The number of nitrogens with one attached hydrogen (secondary N) is 2. The Hall–Kier alpha value is -3.95. The first-order valence-electron chi connectivity index (χ1n) is 12.4. The molecule has 0 aromatic heterocycles. The van der Waals surface area contributed by atoms with Gasteiger partial charge in [-0.05, 0) is 28.5 Å². The Kier molecular flexibility index (Phi) is 8.71. The molecule has 37 heavy (non-hydrogen) atoms. The fraction of sp³-hybridized carbons (Fsp3) is 0.321. The Labute approximate surface area is 215 Å². The first-order valence-corrected chi connectivity index (χ1v) is 12.4. The monoisotopic (exact) mass is 504 g/mol. The summed E-state index contributed by atoms with van der Waals surface area (Å²) in [5, 5.41) is 17.4. The lowest BCUT2D eigenvalue weighted by Crippen LogP contribution is -2.50. The van der Waals surface area contributed by atoms with Gasteiger partial charge in [0, 0.05) is 32.5 Å². The fourth-order valence-corrected chi connectivity index (χ4v) is 4.28. The lowest BCUT2D eigenvalue weighted by atomic mass is 10.0. The molecule has 3 amide bonds. The molecule has 1 aliphatic rings. The Balaban J connectivity index is 1.45. The number of fused-ring (bicyclic) bond motifs is 2. The molecule has 0 fully saturated rings. The lowest BCUT2D eigenvalue weighted by Gasteiger charge is -2.23. The van der Waals surface area contributed by atoms with E-state index < -0.39 is 18.1 Å². The summed E-state index contributed by atoms with van der Waals surface area (Å²) in [6.45, 7) is 0.429. The molecule has 1 heterocycles. The molecule has 4 rings (SSSR count). The predicted octanol–water partition coefficient (Wildman–Crippen LogP) is 1.51. The number of rotatable bonds is 10. The second kappa shape index (κ2) is 12.3. The third-order valence-electron chi connectivity index (χ3n) is 6.28. The fourth-order valence-electron chi connectivity index (χ4n) is 4.28. The van der Waals surface area contributed by atoms with Crippen LogP contribution >= 0.6 is 0 Å². The first-order chi connectivity index (χ1) is 17.9. The summed E-state index contributed by atoms with van der Waals surface area (Å²) in [7, 11) is 0. The van der Waals surface area contributed by atoms with E-state index in [9.17, 15) is 19.5 Å². The van der Waals surface area contributed by atoms with Gasteiger partial charge < -0.3 is 31.1 Å². The minimum absolute atomic E-state index is 0.00694. The highest BCUT2D eigenvalue weighted by atomic mass is 16.5. The van der Waals surface area contributed by atoms with Gasteiger partial charge >= 0.3 is 0 Å². The van der Waals surface area contributed by atoms with Crippen molar-refractivity contribution >= 4 is 34.2 Å². The minimum Gasteiger partial charge on any atom is -0.491 e. The van der Waals surface area contributed by atoms with Gasteiger partial charge in [-0.15, -0.1) is 0 Å². The van der Waals surface area contributed by atoms with Crippen molar-refractivity contribution in [2.75, 3.05) is 31.1 Å². The van der Waals surface area contributed by atoms with Crippen LogP contribution in [0.3, 0.4) is 0 Å². The van der Waals surface area contributed by atoms with E-state index in [1.54, 1.807) is 17.0 Å². The summed E-state index contributed by atoms with van der Waals surface area (Å²) in [6.07, 6.45) is -0.391. The van der Waals surface area contributed by atoms with Crippen LogP contribution in [0.2, 0.25) is 0 Å². The molecule has 0 saturated heterocycles. The number of para-hydroxylation sites is 2. The summed E-state index contributed by atoms with van der Waals surface area (Å²) >= 11 is 0. The molecule has 0 bridgehead atoms. The van der Waals surface area contributed by atoms with Crippen molar-refractivity contribution < 1.29 is 24.2 Å². The first kappa shape index (κ1) is 26.1. The molecular weight excluding hydrogens is 472 g/mol. The van der Waals surface area contributed by atoms with E-state index in [0.717, 1.165) is 16.3 Å². The van der Waals surface area contributed by atoms with Crippen LogP contribution in [0.1, 0.15) is 18.4 Å². The number of ether oxygens (including phenoxy) is 1. The molecule has 9 nitrogen and oxygen atoms in total. The normalized spacial score (nSPS) is 14.8. The molecule has 3 aromatic rings. The maximum atomic E-state index is 13.0. The molecule has 2 unspecified atom stereocenters. The number of nitrogens with zero attached hydrogens (tertiary/aromatic N) is 1. The number of hydrogen-bond donors (Lipinski definition) is 4. The summed E-state index contributed by atoms with van der Waals surface area (Å²) in [4.78, 5) is 40.2. The van der Waals surface area contributed by atoms with Crippen LogP contribution < -0.4 is 26.0 Å². The molecule has 9 heteroatoms. The number of nitrogens with two attached hydrogens (primary N) is 1. The van der Waals surface area contributed by atoms with Gasteiger partial charge in [-0.25, -0.2) is 0 Å². The van der Waals surface area contributed by atoms with E-state index in [1.807, 2.05) is 54.6 Å². The Morgan fingerprint density at radius 1 is 1.05 bits per heavy atom. The second-order valence-corrected chi connectivity index (χ2v) is 9.00. The number of carbonyl (C=O) groups is 3. The zero-order valence-electron chi connectivity index (χ0n) is 20.6. The maximum absolute atomic E-state index is 13.0. The quantitative estimate of drug-likeness (QED) is 0.331. The maximum Gasteiger partial charge on any atom is 0.243 e. The van der Waals surface area contributed by atoms with E-state index in [-0.39, 0.29) is 57.3 Å². The van der Waals surface area contributed by atoms with Crippen molar-refractivity contribution in [3.8, 4) is 5.75 Å². The third kappa shape index (κ3) is 6.84. The largest absolute Gasteiger partial charge is 0.491 e. The van der Waals surface area contributed by atoms with Gasteiger partial charge in [0.15, 0.2) is 0 Å². The van der Waals surface area contributed by atoms with Gasteiger partial charge in [-0.1, -0.05) is 54.6 Å². The van der Waals surface area contributed by atoms with Gasteiger partial charge in [0.05, 0.1) is 24.8 Å². The van der Waals surface area contributed by atoms with Crippen molar-refractivity contribution in [2.24, 2.45) is 5.73 Å². The molecule has 194 valence electrons. The Morgan fingerprint density at radius 3 is 2.62 bits per heavy atom. The zero-order chi connectivity index (χ0) is 26.2. The highest BCUT2D eigenvalue weighted by Crippen LogP contribution is 2.31. The molecule has 3 aromatic carbocycles. The van der Waals surface area contributed by atoms with Crippen LogP contribution in [0.15, 0.2) is 66.7 Å². The molecular formula is C28H32N4O5. The van der Waals surface area contributed by atoms with Crippen molar-refractivity contribution in [1.82, 2.24) is 10.6 Å². The Bertz CT molecular complexity index is 1260. The summed E-state index contributed by atoms with van der Waals surface area (Å²) in [5.41, 5.74) is 6.95. The molecule has 5 N–H and O–H groups in total. The predicted molar refractivity (Wildman–Crippen MR) is 141 cm³/mol. The smallest absolute Gasteiger partial charge is 0.243 e. The van der Waals surface area contributed by atoms with Crippen LogP contribution in [0.4, 0.5) is 5.69 Å². The summed E-state index contributed by atoms with van der Waals surface area (Å²) in [5.74, 6) is -0.311. The van der Waals surface area contributed by atoms with E-state index in [2.05, 4.69) is 10.6 Å². The molecule has 0 saturated carbocycles. The van der Waals surface area contributed by atoms with Crippen LogP contribution in [0.25, 0.3) is 10.8 Å². The molecule has 2 atom stereocenters. The van der Waals surface area contributed by atoms with Crippen LogP contribution in [0, 0.1) is 0 Å². The van der Waals surface area contributed by atoms with Gasteiger partial charge in [-0.2, -0.15) is 0 Å². The van der Waals surface area contributed by atoms with E-state index in [0.29, 0.717) is 11.4 Å². The number of carbonyl (C=O) groups excluding carboxylic acids is 3. The van der Waals surface area contributed by atoms with Crippen LogP contribution in [-0.2, 0) is 20.8 Å². The Morgan fingerprint density at radius 2 is 1.81 bits per heavy atom. The van der Waals surface area contributed by atoms with E-state index in [1.165, 1.54) is 0 Å². The minimum atomic E-state index is -0.877. The molecule has 0 radical (unpaired) electrons. The van der Waals surface area contributed by atoms with Crippen molar-refractivity contribution in [3.05, 3.63) is 72.3 Å². The summed E-state index contributed by atoms with van der Waals surface area (Å²) < 4.78 is 5.66. The van der Waals surface area contributed by atoms with Gasteiger partial charge in [0.1, 0.15) is 11.8 Å². The van der Waals surface area contributed by atoms with Gasteiger partial charge in [-0.3, -0.25) is 14.4 Å². The van der Waals surface area contributed by atoms with Crippen molar-refractivity contribution in [1.29, 1.82) is 0 Å². The lowest BCUT2D eigenvalue weighted by molar-refractivity contribution is -0.129. The number of anilines is 1. The van der Waals surface area contributed by atoms with Crippen LogP contribution in [-0.4, -0.2) is 61.2 Å². The van der Waals surface area contributed by atoms with Gasteiger partial charge in [0.25, 0.3) is 0 Å². The van der Waals surface area contributed by atoms with E-state index >= 15 is 0 Å². The number of amides is 3. The highest BCUT2D eigenvalue weighted by Gasteiger charge is 2.26. The average molecular weight is 505 g/mol. The zero-order valence-corrected chi connectivity index (χ0v) is 20.6.